The van der Waals surface area contributed by atoms with Crippen LogP contribution in [0.1, 0.15) is 58.3 Å². The molecule has 0 aliphatic rings. The summed E-state index contributed by atoms with van der Waals surface area (Å²) in [6.45, 7) is 7.85. The summed E-state index contributed by atoms with van der Waals surface area (Å²) < 4.78 is 0. The average Bonchev–Trinajstić information content (AvgIpc) is 2.80. The van der Waals surface area contributed by atoms with E-state index in [4.69, 9.17) is 0 Å². The quantitative estimate of drug-likeness (QED) is 0.448. The molecule has 5 heteroatoms. The van der Waals surface area contributed by atoms with E-state index in [0.717, 1.165) is 39.9 Å². The van der Waals surface area contributed by atoms with Crippen molar-refractivity contribution in [2.24, 2.45) is 0 Å². The lowest BCUT2D eigenvalue weighted by Gasteiger charge is -2.16. The molecule has 3 N–H and O–H groups in total. The number of amides is 1. The molecule has 0 saturated carbocycles. The molecule has 0 saturated heterocycles. The Kier molecular flexibility index (Phi) is 8.54. The highest BCUT2D eigenvalue weighted by Crippen LogP contribution is 2.20. The Labute approximate surface area is 190 Å². The van der Waals surface area contributed by atoms with E-state index >= 15 is 0 Å². The van der Waals surface area contributed by atoms with Gasteiger partial charge in [-0.3, -0.25) is 9.78 Å². The molecule has 32 heavy (non-hydrogen) atoms. The van der Waals surface area contributed by atoms with Crippen molar-refractivity contribution in [3.05, 3.63) is 99.9 Å². The maximum Gasteiger partial charge on any atom is 0.227 e. The third-order valence-electron chi connectivity index (χ3n) is 5.77. The van der Waals surface area contributed by atoms with Crippen LogP contribution in [0, 0.1) is 13.8 Å². The molecule has 0 fully saturated rings. The Morgan fingerprint density at radius 1 is 1.00 bits per heavy atom. The Balaban J connectivity index is 1.58. The third-order valence-corrected chi connectivity index (χ3v) is 5.77. The van der Waals surface area contributed by atoms with Gasteiger partial charge in [-0.2, -0.15) is 0 Å². The van der Waals surface area contributed by atoms with Gasteiger partial charge in [0.05, 0.1) is 18.2 Å². The summed E-state index contributed by atoms with van der Waals surface area (Å²) in [4.78, 5) is 17.2. The highest BCUT2D eigenvalue weighted by Gasteiger charge is 2.18. The van der Waals surface area contributed by atoms with Gasteiger partial charge in [-0.25, -0.2) is 0 Å². The number of nitrogens with zero attached hydrogens (tertiary/aromatic N) is 1. The molecule has 0 bridgehead atoms. The predicted molar refractivity (Wildman–Crippen MR) is 128 cm³/mol. The first-order chi connectivity index (χ1) is 15.5. The van der Waals surface area contributed by atoms with Gasteiger partial charge in [-0.15, -0.1) is 0 Å². The number of aromatic nitrogens is 1. The summed E-state index contributed by atoms with van der Waals surface area (Å²) in [5.41, 5.74) is 7.28. The number of pyridine rings is 1. The van der Waals surface area contributed by atoms with Gasteiger partial charge in [0.25, 0.3) is 0 Å². The highest BCUT2D eigenvalue weighted by molar-refractivity contribution is 5.83. The van der Waals surface area contributed by atoms with Crippen molar-refractivity contribution >= 4 is 5.91 Å². The number of aryl methyl sites for hydroxylation is 2. The van der Waals surface area contributed by atoms with Crippen molar-refractivity contribution in [2.75, 3.05) is 0 Å². The van der Waals surface area contributed by atoms with Crippen LogP contribution in [0.4, 0.5) is 0 Å². The minimum atomic E-state index is -0.157. The number of carbonyl (C=O) groups is 1. The van der Waals surface area contributed by atoms with Crippen molar-refractivity contribution < 1.29 is 9.90 Å². The highest BCUT2D eigenvalue weighted by atomic mass is 16.3. The van der Waals surface area contributed by atoms with Crippen LogP contribution in [0.2, 0.25) is 0 Å². The normalized spacial score (nSPS) is 11.9. The second kappa shape index (κ2) is 11.6. The van der Waals surface area contributed by atoms with E-state index in [1.54, 1.807) is 0 Å². The summed E-state index contributed by atoms with van der Waals surface area (Å²) in [5.74, 6) is -0.133. The molecule has 2 aromatic carbocycles. The SMILES string of the molecule is CCC(C(=O)NCc1ccc(CNCc2ncc(C)cc2C)c(CO)c1)c1ccccc1. The Bertz CT molecular complexity index is 1030. The minimum Gasteiger partial charge on any atom is -0.392 e. The van der Waals surface area contributed by atoms with Crippen LogP contribution in [0.5, 0.6) is 0 Å². The number of hydrogen-bond acceptors (Lipinski definition) is 4. The minimum absolute atomic E-state index is 0.0240. The van der Waals surface area contributed by atoms with Gasteiger partial charge in [-0.1, -0.05) is 61.5 Å². The maximum absolute atomic E-state index is 12.7. The van der Waals surface area contributed by atoms with E-state index in [0.29, 0.717) is 19.6 Å². The topological polar surface area (TPSA) is 74.2 Å². The van der Waals surface area contributed by atoms with Gasteiger partial charge in [0, 0.05) is 25.8 Å². The van der Waals surface area contributed by atoms with E-state index in [2.05, 4.69) is 28.6 Å². The van der Waals surface area contributed by atoms with Crippen molar-refractivity contribution in [1.29, 1.82) is 0 Å². The fourth-order valence-electron chi connectivity index (χ4n) is 3.92. The summed E-state index contributed by atoms with van der Waals surface area (Å²) >= 11 is 0. The zero-order valence-corrected chi connectivity index (χ0v) is 19.2. The molecule has 0 aliphatic carbocycles. The number of hydrogen-bond donors (Lipinski definition) is 3. The summed E-state index contributed by atoms with van der Waals surface area (Å²) in [6.07, 6.45) is 2.63. The van der Waals surface area contributed by atoms with E-state index in [9.17, 15) is 9.90 Å². The summed E-state index contributed by atoms with van der Waals surface area (Å²) in [6, 6.07) is 18.0. The molecule has 5 nitrogen and oxygen atoms in total. The second-order valence-electron chi connectivity index (χ2n) is 8.23. The predicted octanol–water partition coefficient (Wildman–Crippen LogP) is 4.29. The van der Waals surface area contributed by atoms with Crippen LogP contribution in [0.25, 0.3) is 0 Å². The molecule has 0 aliphatic heterocycles. The zero-order valence-electron chi connectivity index (χ0n) is 19.2. The molecule has 3 aromatic rings. The van der Waals surface area contributed by atoms with Crippen LogP contribution in [-0.2, 0) is 31.0 Å². The van der Waals surface area contributed by atoms with Crippen LogP contribution in [0.3, 0.4) is 0 Å². The van der Waals surface area contributed by atoms with E-state index in [1.165, 1.54) is 5.56 Å². The first kappa shape index (κ1) is 23.6. The number of rotatable bonds is 10. The lowest BCUT2D eigenvalue weighted by Crippen LogP contribution is -2.28. The summed E-state index contributed by atoms with van der Waals surface area (Å²) in [7, 11) is 0. The van der Waals surface area contributed by atoms with Crippen LogP contribution in [0.15, 0.2) is 60.8 Å². The van der Waals surface area contributed by atoms with Gasteiger partial charge in [0.15, 0.2) is 0 Å². The Morgan fingerprint density at radius 3 is 2.47 bits per heavy atom. The van der Waals surface area contributed by atoms with Crippen molar-refractivity contribution in [3.63, 3.8) is 0 Å². The van der Waals surface area contributed by atoms with E-state index in [1.807, 2.05) is 68.6 Å². The second-order valence-corrected chi connectivity index (χ2v) is 8.23. The van der Waals surface area contributed by atoms with Crippen molar-refractivity contribution in [3.8, 4) is 0 Å². The largest absolute Gasteiger partial charge is 0.392 e. The lowest BCUT2D eigenvalue weighted by atomic mass is 9.95. The monoisotopic (exact) mass is 431 g/mol. The van der Waals surface area contributed by atoms with Crippen LogP contribution in [-0.4, -0.2) is 16.0 Å². The first-order valence-electron chi connectivity index (χ1n) is 11.2. The molecule has 1 aromatic heterocycles. The van der Waals surface area contributed by atoms with E-state index in [-0.39, 0.29) is 18.4 Å². The number of nitrogens with one attached hydrogen (secondary N) is 2. The fourth-order valence-corrected chi connectivity index (χ4v) is 3.92. The molecule has 1 unspecified atom stereocenters. The van der Waals surface area contributed by atoms with Gasteiger partial charge < -0.3 is 15.7 Å². The smallest absolute Gasteiger partial charge is 0.227 e. The van der Waals surface area contributed by atoms with Gasteiger partial charge in [-0.05, 0) is 53.6 Å². The number of aliphatic hydroxyl groups excluding tert-OH is 1. The maximum atomic E-state index is 12.7. The Hall–Kier alpha value is -3.02. The molecule has 1 heterocycles. The molecule has 3 rings (SSSR count). The van der Waals surface area contributed by atoms with Crippen LogP contribution < -0.4 is 10.6 Å². The molecule has 0 spiro atoms. The first-order valence-corrected chi connectivity index (χ1v) is 11.2. The van der Waals surface area contributed by atoms with Crippen LogP contribution >= 0.6 is 0 Å². The number of carbonyl (C=O) groups excluding carboxylic acids is 1. The molecule has 1 amide bonds. The number of benzene rings is 2. The third kappa shape index (κ3) is 6.25. The molecule has 0 radical (unpaired) electrons. The molecule has 1 atom stereocenters. The Morgan fingerprint density at radius 2 is 1.78 bits per heavy atom. The fraction of sp³-hybridized carbons (Fsp3) is 0.333. The van der Waals surface area contributed by atoms with Crippen molar-refractivity contribution in [1.82, 2.24) is 15.6 Å². The van der Waals surface area contributed by atoms with E-state index < -0.39 is 0 Å². The lowest BCUT2D eigenvalue weighted by molar-refractivity contribution is -0.122. The average molecular weight is 432 g/mol. The van der Waals surface area contributed by atoms with Gasteiger partial charge in [0.1, 0.15) is 0 Å². The molecular weight excluding hydrogens is 398 g/mol. The number of aliphatic hydroxyl groups is 1. The van der Waals surface area contributed by atoms with Gasteiger partial charge >= 0.3 is 0 Å². The van der Waals surface area contributed by atoms with Gasteiger partial charge in [0.2, 0.25) is 5.91 Å². The molecular formula is C27H33N3O2. The summed E-state index contributed by atoms with van der Waals surface area (Å²) in [5, 5.41) is 16.3. The zero-order chi connectivity index (χ0) is 22.9. The van der Waals surface area contributed by atoms with Crippen molar-refractivity contribution in [2.45, 2.75) is 59.4 Å². The molecule has 168 valence electrons. The standard InChI is InChI=1S/C27H33N3O2/c1-4-25(22-8-6-5-7-9-22)27(32)30-15-21-10-11-23(24(13-21)18-31)16-28-17-26-20(3)12-19(2)14-29-26/h5-14,25,28,31H,4,15-18H2,1-3H3,(H,30,32).